The number of rotatable bonds is 9. The van der Waals surface area contributed by atoms with Gasteiger partial charge in [-0.15, -0.1) is 21.5 Å². The van der Waals surface area contributed by atoms with E-state index < -0.39 is 0 Å². The van der Waals surface area contributed by atoms with Gasteiger partial charge in [-0.25, -0.2) is 5.01 Å². The van der Waals surface area contributed by atoms with Crippen molar-refractivity contribution in [2.75, 3.05) is 12.9 Å². The topological polar surface area (TPSA) is 102 Å². The standard InChI is InChI=1S/C27H26N6O3S2/c1-32-24(16-28-26(35)19-7-4-3-5-8-19)29-30-27(32)38-17-25(34)33-22(18-10-12-20(36-2)13-11-18)15-21(31-33)23-9-6-14-37-23/h3-14,22H,15-17H2,1-2H3,(H,28,35). The zero-order chi connectivity index (χ0) is 26.5. The van der Waals surface area contributed by atoms with Gasteiger partial charge in [0.25, 0.3) is 11.8 Å². The number of benzene rings is 2. The minimum absolute atomic E-state index is 0.121. The smallest absolute Gasteiger partial charge is 0.253 e. The van der Waals surface area contributed by atoms with Gasteiger partial charge in [0.15, 0.2) is 11.0 Å². The molecule has 0 saturated carbocycles. The predicted molar refractivity (Wildman–Crippen MR) is 147 cm³/mol. The second-order valence-electron chi connectivity index (χ2n) is 8.55. The third-order valence-electron chi connectivity index (χ3n) is 6.16. The Kier molecular flexibility index (Phi) is 7.85. The Morgan fingerprint density at radius 1 is 1.08 bits per heavy atom. The molecule has 11 heteroatoms. The van der Waals surface area contributed by atoms with E-state index in [-0.39, 0.29) is 30.2 Å². The summed E-state index contributed by atoms with van der Waals surface area (Å²) < 4.78 is 7.08. The Morgan fingerprint density at radius 3 is 2.58 bits per heavy atom. The van der Waals surface area contributed by atoms with Crippen LogP contribution >= 0.6 is 23.1 Å². The first-order valence-corrected chi connectivity index (χ1v) is 13.8. The van der Waals surface area contributed by atoms with Crippen LogP contribution in [0.4, 0.5) is 0 Å². The third kappa shape index (κ3) is 5.63. The molecule has 2 aromatic heterocycles. The predicted octanol–water partition coefficient (Wildman–Crippen LogP) is 4.29. The van der Waals surface area contributed by atoms with Crippen LogP contribution in [0.15, 0.2) is 82.4 Å². The number of nitrogens with zero attached hydrogens (tertiary/aromatic N) is 5. The lowest BCUT2D eigenvalue weighted by Crippen LogP contribution is -2.28. The molecule has 9 nitrogen and oxygen atoms in total. The number of hydrogen-bond donors (Lipinski definition) is 1. The highest BCUT2D eigenvalue weighted by Crippen LogP contribution is 2.35. The molecule has 0 radical (unpaired) electrons. The number of aromatic nitrogens is 3. The van der Waals surface area contributed by atoms with Gasteiger partial charge < -0.3 is 14.6 Å². The Bertz CT molecular complexity index is 1440. The molecule has 4 aromatic rings. The Labute approximate surface area is 228 Å². The summed E-state index contributed by atoms with van der Waals surface area (Å²) in [5, 5.41) is 20.2. The van der Waals surface area contributed by atoms with Crippen LogP contribution in [0, 0.1) is 0 Å². The Morgan fingerprint density at radius 2 is 1.87 bits per heavy atom. The Balaban J connectivity index is 1.25. The molecule has 0 saturated heterocycles. The summed E-state index contributed by atoms with van der Waals surface area (Å²) in [6.07, 6.45) is 0.637. The van der Waals surface area contributed by atoms with Crippen molar-refractivity contribution in [3.8, 4) is 5.75 Å². The monoisotopic (exact) mass is 546 g/mol. The molecule has 1 aliphatic rings. The van der Waals surface area contributed by atoms with Crippen molar-refractivity contribution >= 4 is 40.6 Å². The number of carbonyl (C=O) groups excluding carboxylic acids is 2. The maximum absolute atomic E-state index is 13.4. The summed E-state index contributed by atoms with van der Waals surface area (Å²) >= 11 is 2.91. The second kappa shape index (κ2) is 11.6. The average molecular weight is 547 g/mol. The number of methoxy groups -OCH3 is 1. The van der Waals surface area contributed by atoms with E-state index in [1.807, 2.05) is 67.0 Å². The zero-order valence-electron chi connectivity index (χ0n) is 20.9. The second-order valence-corrected chi connectivity index (χ2v) is 10.4. The minimum atomic E-state index is -0.200. The lowest BCUT2D eigenvalue weighted by Gasteiger charge is -2.22. The van der Waals surface area contributed by atoms with Crippen LogP contribution in [0.25, 0.3) is 0 Å². The molecule has 0 fully saturated rings. The summed E-state index contributed by atoms with van der Waals surface area (Å²) in [6, 6.07) is 20.5. The molecule has 1 atom stereocenters. The van der Waals surface area contributed by atoms with E-state index in [4.69, 9.17) is 9.84 Å². The first-order chi connectivity index (χ1) is 18.5. The Hall–Kier alpha value is -3.96. The molecule has 1 unspecified atom stereocenters. The molecule has 0 bridgehead atoms. The van der Waals surface area contributed by atoms with Gasteiger partial charge >= 0.3 is 0 Å². The van der Waals surface area contributed by atoms with Gasteiger partial charge in [-0.3, -0.25) is 9.59 Å². The number of nitrogens with one attached hydrogen (secondary N) is 1. The maximum atomic E-state index is 13.4. The number of thioether (sulfide) groups is 1. The van der Waals surface area contributed by atoms with Crippen LogP contribution in [0.5, 0.6) is 5.75 Å². The lowest BCUT2D eigenvalue weighted by atomic mass is 10.0. The van der Waals surface area contributed by atoms with Crippen molar-refractivity contribution < 1.29 is 14.3 Å². The summed E-state index contributed by atoms with van der Waals surface area (Å²) in [6.45, 7) is 0.228. The van der Waals surface area contributed by atoms with E-state index in [1.165, 1.54) is 11.8 Å². The van der Waals surface area contributed by atoms with E-state index in [0.717, 1.165) is 21.9 Å². The number of carbonyl (C=O) groups is 2. The SMILES string of the molecule is COc1ccc(C2CC(c3cccs3)=NN2C(=O)CSc2nnc(CNC(=O)c3ccccc3)n2C)cc1. The molecule has 194 valence electrons. The molecule has 1 aliphatic heterocycles. The zero-order valence-corrected chi connectivity index (χ0v) is 22.5. The van der Waals surface area contributed by atoms with Crippen LogP contribution in [0.1, 0.15) is 39.1 Å². The molecule has 0 spiro atoms. The van der Waals surface area contributed by atoms with Crippen LogP contribution < -0.4 is 10.1 Å². The molecule has 5 rings (SSSR count). The molecule has 38 heavy (non-hydrogen) atoms. The van der Waals surface area contributed by atoms with Gasteiger partial charge in [0.2, 0.25) is 0 Å². The van der Waals surface area contributed by atoms with E-state index in [0.29, 0.717) is 23.0 Å². The van der Waals surface area contributed by atoms with Gasteiger partial charge in [0.1, 0.15) is 5.75 Å². The van der Waals surface area contributed by atoms with Crippen LogP contribution in [0.3, 0.4) is 0 Å². The molecule has 2 amide bonds. The van der Waals surface area contributed by atoms with Gasteiger partial charge in [-0.1, -0.05) is 48.2 Å². The van der Waals surface area contributed by atoms with E-state index in [9.17, 15) is 9.59 Å². The van der Waals surface area contributed by atoms with Gasteiger partial charge in [-0.05, 0) is 41.3 Å². The van der Waals surface area contributed by atoms with Crippen molar-refractivity contribution in [2.24, 2.45) is 12.1 Å². The number of hydrazone groups is 1. The largest absolute Gasteiger partial charge is 0.497 e. The van der Waals surface area contributed by atoms with E-state index >= 15 is 0 Å². The first-order valence-electron chi connectivity index (χ1n) is 11.9. The number of ether oxygens (including phenoxy) is 1. The van der Waals surface area contributed by atoms with Crippen molar-refractivity contribution in [3.63, 3.8) is 0 Å². The van der Waals surface area contributed by atoms with Crippen LogP contribution in [0.2, 0.25) is 0 Å². The third-order valence-corrected chi connectivity index (χ3v) is 8.09. The summed E-state index contributed by atoms with van der Waals surface area (Å²) in [7, 11) is 3.45. The molecule has 0 aliphatic carbocycles. The highest BCUT2D eigenvalue weighted by molar-refractivity contribution is 7.99. The fourth-order valence-corrected chi connectivity index (χ4v) is 5.59. The van der Waals surface area contributed by atoms with Crippen molar-refractivity contribution in [3.05, 3.63) is 93.9 Å². The normalized spacial score (nSPS) is 14.8. The lowest BCUT2D eigenvalue weighted by molar-refractivity contribution is -0.130. The van der Waals surface area contributed by atoms with Gasteiger partial charge in [-0.2, -0.15) is 5.10 Å². The number of amides is 2. The summed E-state index contributed by atoms with van der Waals surface area (Å²) in [5.41, 5.74) is 2.47. The highest BCUT2D eigenvalue weighted by atomic mass is 32.2. The molecular weight excluding hydrogens is 520 g/mol. The molecule has 3 heterocycles. The van der Waals surface area contributed by atoms with Crippen molar-refractivity contribution in [1.29, 1.82) is 0 Å². The fourth-order valence-electron chi connectivity index (χ4n) is 4.09. The van der Waals surface area contributed by atoms with Gasteiger partial charge in [0, 0.05) is 19.0 Å². The van der Waals surface area contributed by atoms with Crippen LogP contribution in [-0.4, -0.2) is 50.2 Å². The van der Waals surface area contributed by atoms with Gasteiger partial charge in [0.05, 0.1) is 36.0 Å². The van der Waals surface area contributed by atoms with Crippen LogP contribution in [-0.2, 0) is 18.4 Å². The van der Waals surface area contributed by atoms with E-state index in [2.05, 4.69) is 15.5 Å². The highest BCUT2D eigenvalue weighted by Gasteiger charge is 2.33. The molecule has 1 N–H and O–H groups in total. The van der Waals surface area contributed by atoms with Crippen molar-refractivity contribution in [1.82, 2.24) is 25.1 Å². The summed E-state index contributed by atoms with van der Waals surface area (Å²) in [4.78, 5) is 26.8. The minimum Gasteiger partial charge on any atom is -0.497 e. The first kappa shape index (κ1) is 25.7. The maximum Gasteiger partial charge on any atom is 0.253 e. The summed E-state index contributed by atoms with van der Waals surface area (Å²) in [5.74, 6) is 1.20. The number of thiophene rings is 1. The number of hydrogen-bond acceptors (Lipinski definition) is 8. The van der Waals surface area contributed by atoms with E-state index in [1.54, 1.807) is 40.2 Å². The average Bonchev–Trinajstić information content (AvgIpc) is 3.71. The molecule has 2 aromatic carbocycles. The fraction of sp³-hybridized carbons (Fsp3) is 0.222. The molecular formula is C27H26N6O3S2. The quantitative estimate of drug-likeness (QED) is 0.315. The van der Waals surface area contributed by atoms with Crippen molar-refractivity contribution in [2.45, 2.75) is 24.2 Å².